The third-order valence-corrected chi connectivity index (χ3v) is 8.99. The molecule has 2 fully saturated rings. The van der Waals surface area contributed by atoms with Gasteiger partial charge in [-0.05, 0) is 24.8 Å². The van der Waals surface area contributed by atoms with Crippen LogP contribution in [-0.4, -0.2) is 75.0 Å². The first-order valence-corrected chi connectivity index (χ1v) is 12.9. The van der Waals surface area contributed by atoms with E-state index in [4.69, 9.17) is 4.74 Å². The smallest absolute Gasteiger partial charge is 0.311 e. The summed E-state index contributed by atoms with van der Waals surface area (Å²) in [5.74, 6) is -2.12. The minimum Gasteiger partial charge on any atom is -0.465 e. The number of aliphatic hydroxyl groups is 1. The summed E-state index contributed by atoms with van der Waals surface area (Å²) < 4.78 is 4.72. The van der Waals surface area contributed by atoms with Crippen LogP contribution in [0.4, 0.5) is 0 Å². The molecule has 34 heavy (non-hydrogen) atoms. The summed E-state index contributed by atoms with van der Waals surface area (Å²) in [5, 5.41) is 9.50. The van der Waals surface area contributed by atoms with Crippen LogP contribution in [0.5, 0.6) is 0 Å². The fourth-order valence-electron chi connectivity index (χ4n) is 5.76. The number of amides is 2. The van der Waals surface area contributed by atoms with E-state index >= 15 is 0 Å². The normalized spacial score (nSPS) is 34.2. The quantitative estimate of drug-likeness (QED) is 0.523. The van der Waals surface area contributed by atoms with Gasteiger partial charge >= 0.3 is 5.97 Å². The Morgan fingerprint density at radius 1 is 1.09 bits per heavy atom. The number of nitrogens with zero attached hydrogens (tertiary/aromatic N) is 2. The van der Waals surface area contributed by atoms with Crippen molar-refractivity contribution < 1.29 is 24.2 Å². The Balaban J connectivity index is 1.55. The molecule has 8 heteroatoms. The first kappa shape index (κ1) is 23.2. The highest BCUT2D eigenvalue weighted by Crippen LogP contribution is 2.60. The predicted molar refractivity (Wildman–Crippen MR) is 129 cm³/mol. The molecule has 2 amide bonds. The third kappa shape index (κ3) is 3.86. The summed E-state index contributed by atoms with van der Waals surface area (Å²) in [6, 6.07) is 8.99. The Morgan fingerprint density at radius 3 is 2.71 bits per heavy atom. The number of benzene rings is 1. The molecule has 1 N–H and O–H groups in total. The predicted octanol–water partition coefficient (Wildman–Crippen LogP) is 2.16. The second-order valence-electron chi connectivity index (χ2n) is 9.30. The van der Waals surface area contributed by atoms with Crippen LogP contribution in [0.1, 0.15) is 24.8 Å². The lowest BCUT2D eigenvalue weighted by molar-refractivity contribution is -0.153. The fraction of sp³-hybridized carbons (Fsp3) is 0.500. The van der Waals surface area contributed by atoms with Gasteiger partial charge in [0.1, 0.15) is 6.04 Å². The van der Waals surface area contributed by atoms with Gasteiger partial charge < -0.3 is 19.6 Å². The van der Waals surface area contributed by atoms with Gasteiger partial charge in [-0.25, -0.2) is 0 Å². The summed E-state index contributed by atoms with van der Waals surface area (Å²) in [6.45, 7) is 1.02. The largest absolute Gasteiger partial charge is 0.465 e. The molecule has 1 spiro atoms. The average Bonchev–Trinajstić information content (AvgIpc) is 3.22. The highest BCUT2D eigenvalue weighted by Gasteiger charge is 2.70. The van der Waals surface area contributed by atoms with Crippen LogP contribution in [-0.2, 0) is 25.7 Å². The lowest BCUT2D eigenvalue weighted by Crippen LogP contribution is -2.53. The lowest BCUT2D eigenvalue weighted by Gasteiger charge is -2.35. The molecular formula is C26H30N2O5S. The van der Waals surface area contributed by atoms with Crippen molar-refractivity contribution in [2.45, 2.75) is 41.8 Å². The van der Waals surface area contributed by atoms with Crippen LogP contribution in [0.2, 0.25) is 0 Å². The number of rotatable bonds is 4. The zero-order valence-electron chi connectivity index (χ0n) is 19.0. The Kier molecular flexibility index (Phi) is 6.53. The molecule has 4 aliphatic heterocycles. The molecule has 5 atom stereocenters. The second-order valence-corrected chi connectivity index (χ2v) is 10.8. The summed E-state index contributed by atoms with van der Waals surface area (Å²) in [4.78, 5) is 44.2. The van der Waals surface area contributed by atoms with Crippen LogP contribution in [0.3, 0.4) is 0 Å². The number of hydrogen-bond acceptors (Lipinski definition) is 6. The lowest BCUT2D eigenvalue weighted by atomic mass is 9.78. The molecule has 0 bridgehead atoms. The number of carbonyl (C=O) groups excluding carboxylic acids is 3. The number of fused-ring (bicyclic) bond motifs is 2. The number of carbonyl (C=O) groups is 3. The topological polar surface area (TPSA) is 87.2 Å². The standard InChI is InChI=1S/C26H30N2O5S/c29-15-14-28-22-24(31)27(17-18-9-4-3-5-10-18)13-8-12-26(22)21(23(28)30)20-19(34-26)11-6-1-2-7-16-33-25(20)32/h3-6,8-12,19-22,29H,1-2,7,13-17H2/b11-6-/t19-,20+,21-,22?,26-/m0/s1. The second kappa shape index (κ2) is 9.58. The Morgan fingerprint density at radius 2 is 1.91 bits per heavy atom. The molecule has 7 nitrogen and oxygen atoms in total. The minimum absolute atomic E-state index is 0.0589. The molecule has 0 saturated carbocycles. The highest BCUT2D eigenvalue weighted by atomic mass is 32.2. The molecule has 1 unspecified atom stereocenters. The van der Waals surface area contributed by atoms with Gasteiger partial charge in [-0.2, -0.15) is 0 Å². The van der Waals surface area contributed by atoms with Crippen molar-refractivity contribution >= 4 is 29.5 Å². The zero-order chi connectivity index (χ0) is 23.7. The van der Waals surface area contributed by atoms with Gasteiger partial charge in [-0.3, -0.25) is 14.4 Å². The number of allylic oxidation sites excluding steroid dienone is 1. The third-order valence-electron chi connectivity index (χ3n) is 7.24. The van der Waals surface area contributed by atoms with E-state index in [1.807, 2.05) is 48.6 Å². The van der Waals surface area contributed by atoms with E-state index in [9.17, 15) is 19.5 Å². The molecule has 180 valence electrons. The molecular weight excluding hydrogens is 452 g/mol. The van der Waals surface area contributed by atoms with E-state index in [1.165, 1.54) is 16.7 Å². The van der Waals surface area contributed by atoms with Crippen molar-refractivity contribution in [3.8, 4) is 0 Å². The summed E-state index contributed by atoms with van der Waals surface area (Å²) >= 11 is 1.53. The van der Waals surface area contributed by atoms with Gasteiger partial charge in [0.15, 0.2) is 0 Å². The number of ether oxygens (including phenoxy) is 1. The Labute approximate surface area is 203 Å². The maximum atomic E-state index is 14.0. The van der Waals surface area contributed by atoms with Crippen LogP contribution in [0, 0.1) is 11.8 Å². The van der Waals surface area contributed by atoms with Gasteiger partial charge in [0.25, 0.3) is 0 Å². The summed E-state index contributed by atoms with van der Waals surface area (Å²) in [6.07, 6.45) is 10.7. The number of hydrogen-bond donors (Lipinski definition) is 1. The molecule has 1 aromatic rings. The van der Waals surface area contributed by atoms with Gasteiger partial charge in [0.2, 0.25) is 11.8 Å². The number of aliphatic hydroxyl groups excluding tert-OH is 1. The van der Waals surface area contributed by atoms with E-state index in [0.29, 0.717) is 19.7 Å². The van der Waals surface area contributed by atoms with Gasteiger partial charge in [-0.15, -0.1) is 11.8 Å². The average molecular weight is 483 g/mol. The van der Waals surface area contributed by atoms with Crippen molar-refractivity contribution in [2.75, 3.05) is 26.3 Å². The first-order valence-electron chi connectivity index (χ1n) is 12.0. The van der Waals surface area contributed by atoms with Crippen molar-refractivity contribution in [1.29, 1.82) is 0 Å². The van der Waals surface area contributed by atoms with Crippen LogP contribution < -0.4 is 0 Å². The molecule has 2 saturated heterocycles. The van der Waals surface area contributed by atoms with Crippen LogP contribution >= 0.6 is 11.8 Å². The van der Waals surface area contributed by atoms with Gasteiger partial charge in [0, 0.05) is 24.9 Å². The number of esters is 1. The minimum atomic E-state index is -0.873. The van der Waals surface area contributed by atoms with E-state index in [-0.39, 0.29) is 36.2 Å². The molecule has 4 aliphatic rings. The zero-order valence-corrected chi connectivity index (χ0v) is 19.9. The van der Waals surface area contributed by atoms with Crippen molar-refractivity contribution in [3.05, 3.63) is 60.2 Å². The SMILES string of the molecule is O=C1OCCCC/C=C\[C@@H]2S[C@]34C=CCN(Cc5ccccc5)C(=O)C3N(CCO)C(=O)[C@@H]4[C@H]12. The molecule has 5 rings (SSSR count). The van der Waals surface area contributed by atoms with Crippen LogP contribution in [0.25, 0.3) is 0 Å². The van der Waals surface area contributed by atoms with E-state index in [1.54, 1.807) is 4.90 Å². The van der Waals surface area contributed by atoms with Crippen molar-refractivity contribution in [3.63, 3.8) is 0 Å². The maximum absolute atomic E-state index is 14.0. The number of thioether (sulfide) groups is 1. The first-order chi connectivity index (χ1) is 16.6. The number of likely N-dealkylation sites (tertiary alicyclic amines) is 1. The molecule has 0 radical (unpaired) electrons. The summed E-state index contributed by atoms with van der Waals surface area (Å²) in [5.41, 5.74) is 1.01. The van der Waals surface area contributed by atoms with Crippen LogP contribution in [0.15, 0.2) is 54.6 Å². The Hall–Kier alpha value is -2.58. The maximum Gasteiger partial charge on any atom is 0.311 e. The van der Waals surface area contributed by atoms with E-state index < -0.39 is 22.6 Å². The summed E-state index contributed by atoms with van der Waals surface area (Å²) in [7, 11) is 0. The molecule has 1 aromatic carbocycles. The molecule has 0 aliphatic carbocycles. The molecule has 4 heterocycles. The van der Waals surface area contributed by atoms with E-state index in [2.05, 4.69) is 6.08 Å². The highest BCUT2D eigenvalue weighted by molar-refractivity contribution is 8.02. The van der Waals surface area contributed by atoms with Gasteiger partial charge in [0.05, 0.1) is 29.8 Å². The number of cyclic esters (lactones) is 1. The van der Waals surface area contributed by atoms with E-state index in [0.717, 1.165) is 24.8 Å². The number of β-amino-alcohol motifs (C(OH)–C–C–N with tert-alkyl or cyclic N) is 1. The fourth-order valence-corrected chi connectivity index (χ4v) is 7.76. The van der Waals surface area contributed by atoms with Gasteiger partial charge in [-0.1, -0.05) is 54.6 Å². The monoisotopic (exact) mass is 482 g/mol. The molecule has 0 aromatic heterocycles. The Bertz CT molecular complexity index is 1010. The van der Waals surface area contributed by atoms with Crippen molar-refractivity contribution in [2.24, 2.45) is 11.8 Å². The van der Waals surface area contributed by atoms with Crippen molar-refractivity contribution in [1.82, 2.24) is 9.80 Å².